The van der Waals surface area contributed by atoms with Crippen molar-refractivity contribution in [2.45, 2.75) is 18.5 Å². The Morgan fingerprint density at radius 3 is 3.11 bits per heavy atom. The number of anilines is 1. The van der Waals surface area contributed by atoms with Crippen LogP contribution in [0.2, 0.25) is 0 Å². The fourth-order valence-electron chi connectivity index (χ4n) is 1.70. The molecule has 1 N–H and O–H groups in total. The van der Waals surface area contributed by atoms with Crippen LogP contribution in [-0.4, -0.2) is 41.6 Å². The summed E-state index contributed by atoms with van der Waals surface area (Å²) in [7, 11) is 0. The lowest BCUT2D eigenvalue weighted by atomic mass is 10.2. The van der Waals surface area contributed by atoms with Crippen LogP contribution >= 0.6 is 11.6 Å². The number of carbonyl (C=O) groups is 2. The van der Waals surface area contributed by atoms with Gasteiger partial charge in [-0.3, -0.25) is 9.78 Å². The molecule has 1 aliphatic heterocycles. The fourth-order valence-corrected chi connectivity index (χ4v) is 1.92. The molecule has 19 heavy (non-hydrogen) atoms. The summed E-state index contributed by atoms with van der Waals surface area (Å²) in [4.78, 5) is 27.3. The van der Waals surface area contributed by atoms with Crippen LogP contribution in [0.15, 0.2) is 18.5 Å². The summed E-state index contributed by atoms with van der Waals surface area (Å²) in [6.45, 7) is 2.15. The monoisotopic (exact) mass is 284 g/mol. The number of nitrogens with one attached hydrogen (secondary N) is 1. The van der Waals surface area contributed by atoms with E-state index >= 15 is 0 Å². The molecule has 1 saturated heterocycles. The van der Waals surface area contributed by atoms with Crippen LogP contribution in [0.1, 0.15) is 17.3 Å². The second kappa shape index (κ2) is 5.99. The van der Waals surface area contributed by atoms with Gasteiger partial charge in [-0.1, -0.05) is 11.6 Å². The zero-order valence-electron chi connectivity index (χ0n) is 10.3. The summed E-state index contributed by atoms with van der Waals surface area (Å²) in [5.74, 6) is -0.750. The predicted octanol–water partition coefficient (Wildman–Crippen LogP) is 1.20. The van der Waals surface area contributed by atoms with E-state index in [0.717, 1.165) is 0 Å². The Morgan fingerprint density at radius 1 is 1.68 bits per heavy atom. The third-order valence-electron chi connectivity index (χ3n) is 2.62. The number of esters is 1. The SMILES string of the molecule is CCOC(=O)c1cnccc1NC1COC(Cl)C1=O. The standard InChI is InChI=1S/C12H13ClN2O4/c1-2-18-12(17)7-5-14-4-3-8(7)15-9-6-19-11(13)10(9)16/h3-5,9,11H,2,6H2,1H3,(H,14,15). The minimum absolute atomic E-state index is 0.164. The van der Waals surface area contributed by atoms with E-state index in [1.54, 1.807) is 13.0 Å². The van der Waals surface area contributed by atoms with Gasteiger partial charge in [-0.25, -0.2) is 4.79 Å². The molecular weight excluding hydrogens is 272 g/mol. The molecule has 2 atom stereocenters. The maximum Gasteiger partial charge on any atom is 0.341 e. The van der Waals surface area contributed by atoms with E-state index in [2.05, 4.69) is 10.3 Å². The zero-order chi connectivity index (χ0) is 13.8. The van der Waals surface area contributed by atoms with Gasteiger partial charge >= 0.3 is 5.97 Å². The zero-order valence-corrected chi connectivity index (χ0v) is 11.0. The summed E-state index contributed by atoms with van der Waals surface area (Å²) >= 11 is 5.66. The van der Waals surface area contributed by atoms with Gasteiger partial charge in [0, 0.05) is 12.4 Å². The first kappa shape index (κ1) is 13.8. The number of ketones is 1. The third kappa shape index (κ3) is 3.02. The quantitative estimate of drug-likeness (QED) is 0.661. The van der Waals surface area contributed by atoms with Crippen molar-refractivity contribution >= 4 is 29.0 Å². The molecule has 2 unspecified atom stereocenters. The number of hydrogen-bond acceptors (Lipinski definition) is 6. The number of carbonyl (C=O) groups excluding carboxylic acids is 2. The summed E-state index contributed by atoms with van der Waals surface area (Å²) in [5.41, 5.74) is -0.193. The van der Waals surface area contributed by atoms with Gasteiger partial charge in [-0.2, -0.15) is 0 Å². The molecule has 2 rings (SSSR count). The number of rotatable bonds is 4. The van der Waals surface area contributed by atoms with E-state index in [9.17, 15) is 9.59 Å². The van der Waals surface area contributed by atoms with Crippen molar-refractivity contribution in [1.29, 1.82) is 0 Å². The van der Waals surface area contributed by atoms with Gasteiger partial charge in [0.15, 0.2) is 5.56 Å². The highest BCUT2D eigenvalue weighted by Crippen LogP contribution is 2.20. The number of hydrogen-bond donors (Lipinski definition) is 1. The summed E-state index contributed by atoms with van der Waals surface area (Å²) in [5, 5.41) is 2.93. The molecule has 0 radical (unpaired) electrons. The van der Waals surface area contributed by atoms with Crippen LogP contribution in [0.3, 0.4) is 0 Å². The Balaban J connectivity index is 2.16. The second-order valence-corrected chi connectivity index (χ2v) is 4.29. The molecule has 1 aromatic heterocycles. The Kier molecular flexibility index (Phi) is 4.34. The first-order valence-corrected chi connectivity index (χ1v) is 6.24. The molecule has 2 heterocycles. The van der Waals surface area contributed by atoms with E-state index in [1.807, 2.05) is 0 Å². The Labute approximate surface area is 115 Å². The number of pyridine rings is 1. The fraction of sp³-hybridized carbons (Fsp3) is 0.417. The van der Waals surface area contributed by atoms with Crippen LogP contribution in [0, 0.1) is 0 Å². The molecule has 7 heteroatoms. The van der Waals surface area contributed by atoms with Gasteiger partial charge in [0.2, 0.25) is 5.78 Å². The van der Waals surface area contributed by atoms with E-state index in [4.69, 9.17) is 21.1 Å². The van der Waals surface area contributed by atoms with Crippen molar-refractivity contribution in [3.05, 3.63) is 24.0 Å². The van der Waals surface area contributed by atoms with Crippen LogP contribution < -0.4 is 5.32 Å². The number of alkyl halides is 1. The van der Waals surface area contributed by atoms with Gasteiger partial charge in [-0.15, -0.1) is 0 Å². The molecule has 0 amide bonds. The van der Waals surface area contributed by atoms with Crippen molar-refractivity contribution in [2.24, 2.45) is 0 Å². The van der Waals surface area contributed by atoms with Crippen molar-refractivity contribution < 1.29 is 19.1 Å². The Bertz CT molecular complexity index is 494. The lowest BCUT2D eigenvalue weighted by molar-refractivity contribution is -0.119. The van der Waals surface area contributed by atoms with Crippen LogP contribution in [0.4, 0.5) is 5.69 Å². The Hall–Kier alpha value is -1.66. The number of halogens is 1. The lowest BCUT2D eigenvalue weighted by Crippen LogP contribution is -2.30. The Morgan fingerprint density at radius 2 is 2.47 bits per heavy atom. The molecule has 0 aromatic carbocycles. The molecule has 0 aliphatic carbocycles. The highest BCUT2D eigenvalue weighted by atomic mass is 35.5. The second-order valence-electron chi connectivity index (χ2n) is 3.89. The smallest absolute Gasteiger partial charge is 0.341 e. The van der Waals surface area contributed by atoms with E-state index in [1.165, 1.54) is 12.4 Å². The van der Waals surface area contributed by atoms with Crippen molar-refractivity contribution in [2.75, 3.05) is 18.5 Å². The molecule has 1 aliphatic rings. The molecule has 0 bridgehead atoms. The van der Waals surface area contributed by atoms with E-state index in [-0.39, 0.29) is 24.6 Å². The third-order valence-corrected chi connectivity index (χ3v) is 2.96. The van der Waals surface area contributed by atoms with Gasteiger partial charge in [-0.05, 0) is 13.0 Å². The lowest BCUT2D eigenvalue weighted by Gasteiger charge is -2.14. The van der Waals surface area contributed by atoms with Gasteiger partial charge < -0.3 is 14.8 Å². The molecule has 1 aromatic rings. The highest BCUT2D eigenvalue weighted by molar-refractivity contribution is 6.31. The van der Waals surface area contributed by atoms with Gasteiger partial charge in [0.05, 0.1) is 18.9 Å². The first-order chi connectivity index (χ1) is 9.13. The molecule has 102 valence electrons. The molecular formula is C12H13ClN2O4. The largest absolute Gasteiger partial charge is 0.462 e. The van der Waals surface area contributed by atoms with Crippen molar-refractivity contribution in [3.8, 4) is 0 Å². The van der Waals surface area contributed by atoms with Gasteiger partial charge in [0.1, 0.15) is 11.6 Å². The summed E-state index contributed by atoms with van der Waals surface area (Å²) in [6.07, 6.45) is 2.91. The number of ether oxygens (including phenoxy) is 2. The topological polar surface area (TPSA) is 77.5 Å². The maximum absolute atomic E-state index is 11.7. The van der Waals surface area contributed by atoms with E-state index < -0.39 is 17.6 Å². The summed E-state index contributed by atoms with van der Waals surface area (Å²) in [6, 6.07) is 1.03. The van der Waals surface area contributed by atoms with Crippen LogP contribution in [-0.2, 0) is 14.3 Å². The van der Waals surface area contributed by atoms with Crippen molar-refractivity contribution in [3.63, 3.8) is 0 Å². The average molecular weight is 285 g/mol. The number of Topliss-reactive ketones (excluding diaryl/α,β-unsaturated/α-hetero) is 1. The average Bonchev–Trinajstić information content (AvgIpc) is 2.72. The normalized spacial score (nSPS) is 22.3. The van der Waals surface area contributed by atoms with E-state index in [0.29, 0.717) is 5.69 Å². The highest BCUT2D eigenvalue weighted by Gasteiger charge is 2.34. The minimum atomic E-state index is -0.939. The predicted molar refractivity (Wildman–Crippen MR) is 68.2 cm³/mol. The maximum atomic E-state index is 11.7. The number of aromatic nitrogens is 1. The molecule has 0 spiro atoms. The molecule has 0 saturated carbocycles. The number of nitrogens with zero attached hydrogens (tertiary/aromatic N) is 1. The van der Waals surface area contributed by atoms with Crippen molar-refractivity contribution in [1.82, 2.24) is 4.98 Å². The van der Waals surface area contributed by atoms with Crippen LogP contribution in [0.25, 0.3) is 0 Å². The van der Waals surface area contributed by atoms with Gasteiger partial charge in [0.25, 0.3) is 0 Å². The molecule has 6 nitrogen and oxygen atoms in total. The summed E-state index contributed by atoms with van der Waals surface area (Å²) < 4.78 is 9.94. The molecule has 1 fully saturated rings. The van der Waals surface area contributed by atoms with Crippen LogP contribution in [0.5, 0.6) is 0 Å². The first-order valence-electron chi connectivity index (χ1n) is 5.80. The minimum Gasteiger partial charge on any atom is -0.462 e.